The number of methoxy groups -OCH3 is 1. The summed E-state index contributed by atoms with van der Waals surface area (Å²) in [5.74, 6) is -0.628. The lowest BCUT2D eigenvalue weighted by atomic mass is 9.47. The van der Waals surface area contributed by atoms with E-state index in [9.17, 15) is 9.90 Å². The molecule has 2 fully saturated rings. The molecule has 1 N–H and O–H groups in total. The van der Waals surface area contributed by atoms with Crippen LogP contribution in [0.5, 0.6) is 0 Å². The van der Waals surface area contributed by atoms with Gasteiger partial charge in [0.1, 0.15) is 11.7 Å². The van der Waals surface area contributed by atoms with E-state index in [1.807, 2.05) is 6.92 Å². The van der Waals surface area contributed by atoms with E-state index in [0.717, 1.165) is 30.1 Å². The third kappa shape index (κ3) is 3.02. The van der Waals surface area contributed by atoms with Crippen LogP contribution in [0.2, 0.25) is 18.1 Å². The van der Waals surface area contributed by atoms with E-state index >= 15 is 0 Å². The number of ether oxygens (including phenoxy) is 2. The number of esters is 1. The Morgan fingerprint density at radius 3 is 2.36 bits per heavy atom. The summed E-state index contributed by atoms with van der Waals surface area (Å²) in [4.78, 5) is 13.2. The van der Waals surface area contributed by atoms with Crippen molar-refractivity contribution in [2.24, 2.45) is 17.3 Å². The molecule has 0 aromatic rings. The van der Waals surface area contributed by atoms with E-state index in [4.69, 9.17) is 13.9 Å². The number of aliphatic hydroxyl groups excluding tert-OH is 1. The van der Waals surface area contributed by atoms with Gasteiger partial charge < -0.3 is 19.0 Å². The zero-order chi connectivity index (χ0) is 20.9. The van der Waals surface area contributed by atoms with E-state index in [1.165, 1.54) is 0 Å². The Balaban J connectivity index is 2.10. The molecule has 1 aliphatic heterocycles. The summed E-state index contributed by atoms with van der Waals surface area (Å²) in [6.07, 6.45) is 2.05. The molecule has 5 nitrogen and oxygen atoms in total. The monoisotopic (exact) mass is 410 g/mol. The van der Waals surface area contributed by atoms with Crippen LogP contribution in [0.15, 0.2) is 11.6 Å². The van der Waals surface area contributed by atoms with Gasteiger partial charge in [-0.2, -0.15) is 0 Å². The molecule has 1 saturated carbocycles. The Bertz CT molecular complexity index is 633. The Morgan fingerprint density at radius 2 is 1.86 bits per heavy atom. The van der Waals surface area contributed by atoms with Crippen LogP contribution in [-0.2, 0) is 18.7 Å². The second-order valence-electron chi connectivity index (χ2n) is 9.69. The van der Waals surface area contributed by atoms with Crippen molar-refractivity contribution in [1.82, 2.24) is 0 Å². The minimum atomic E-state index is -1.97. The maximum Gasteiger partial charge on any atom is 0.312 e. The van der Waals surface area contributed by atoms with Crippen molar-refractivity contribution < 1.29 is 23.8 Å². The van der Waals surface area contributed by atoms with E-state index < -0.39 is 20.0 Å². The molecule has 6 atom stereocenters. The molecule has 3 rings (SSSR count). The molecule has 0 spiro atoms. The highest BCUT2D eigenvalue weighted by Gasteiger charge is 2.75. The third-order valence-electron chi connectivity index (χ3n) is 8.04. The molecule has 0 unspecified atom stereocenters. The predicted octanol–water partition coefficient (Wildman–Crippen LogP) is 4.06. The third-order valence-corrected chi connectivity index (χ3v) is 12.7. The van der Waals surface area contributed by atoms with Crippen LogP contribution in [0.1, 0.15) is 54.4 Å². The number of rotatable bonds is 6. The van der Waals surface area contributed by atoms with Crippen LogP contribution in [0.3, 0.4) is 0 Å². The quantitative estimate of drug-likeness (QED) is 0.406. The number of carbonyl (C=O) groups is 1. The zero-order valence-electron chi connectivity index (χ0n) is 18.6. The van der Waals surface area contributed by atoms with Crippen LogP contribution in [0.25, 0.3) is 0 Å². The van der Waals surface area contributed by atoms with Crippen LogP contribution >= 0.6 is 0 Å². The molecule has 3 aliphatic rings. The average molecular weight is 411 g/mol. The van der Waals surface area contributed by atoms with Crippen molar-refractivity contribution in [3.63, 3.8) is 0 Å². The first kappa shape index (κ1) is 22.0. The van der Waals surface area contributed by atoms with E-state index in [0.29, 0.717) is 6.42 Å². The molecule has 2 aliphatic carbocycles. The van der Waals surface area contributed by atoms with Gasteiger partial charge in [-0.25, -0.2) is 0 Å². The molecular formula is C22H38O5Si. The molecule has 0 aromatic heterocycles. The summed E-state index contributed by atoms with van der Waals surface area (Å²) in [5.41, 5.74) is 0.000823. The zero-order valence-corrected chi connectivity index (χ0v) is 19.6. The van der Waals surface area contributed by atoms with Crippen LogP contribution < -0.4 is 0 Å². The normalized spacial score (nSPS) is 41.6. The minimum Gasteiger partial charge on any atom is -0.455 e. The summed E-state index contributed by atoms with van der Waals surface area (Å²) >= 11 is 0. The van der Waals surface area contributed by atoms with Crippen molar-refractivity contribution >= 4 is 14.3 Å². The first-order valence-electron chi connectivity index (χ1n) is 10.9. The van der Waals surface area contributed by atoms with Crippen molar-refractivity contribution in [3.8, 4) is 0 Å². The van der Waals surface area contributed by atoms with Crippen molar-refractivity contribution in [3.05, 3.63) is 11.6 Å². The van der Waals surface area contributed by atoms with Crippen LogP contribution in [-0.4, -0.2) is 50.4 Å². The smallest absolute Gasteiger partial charge is 0.312 e. The fourth-order valence-corrected chi connectivity index (χ4v) is 8.96. The average Bonchev–Trinajstić information content (AvgIpc) is 2.91. The number of carbonyl (C=O) groups excluding carboxylic acids is 1. The molecular weight excluding hydrogens is 372 g/mol. The van der Waals surface area contributed by atoms with Gasteiger partial charge in [0.2, 0.25) is 0 Å². The maximum atomic E-state index is 13.2. The lowest BCUT2D eigenvalue weighted by Gasteiger charge is -2.59. The van der Waals surface area contributed by atoms with Gasteiger partial charge >= 0.3 is 5.97 Å². The molecule has 0 aromatic carbocycles. The summed E-state index contributed by atoms with van der Waals surface area (Å²) in [5, 5.41) is 11.2. The highest BCUT2D eigenvalue weighted by Crippen LogP contribution is 2.66. The molecule has 28 heavy (non-hydrogen) atoms. The summed E-state index contributed by atoms with van der Waals surface area (Å²) in [7, 11) is -0.286. The number of hydrogen-bond acceptors (Lipinski definition) is 5. The second kappa shape index (κ2) is 7.53. The van der Waals surface area contributed by atoms with Crippen LogP contribution in [0.4, 0.5) is 0 Å². The molecule has 1 saturated heterocycles. The molecule has 1 heterocycles. The first-order valence-corrected chi connectivity index (χ1v) is 13.4. The highest BCUT2D eigenvalue weighted by atomic mass is 28.4. The van der Waals surface area contributed by atoms with Gasteiger partial charge in [-0.05, 0) is 37.9 Å². The standard InChI is InChI=1S/C22H38O5Si/c1-8-28(9-2,10-3)27-19-16(25-7)11-14(4)12-17(23)22-15(13-21(22,5)6)18(19)20(24)26-22/h11,15-19,23H,8-10,12-13H2,1-7H3/b14-11+/t15-,16-,17-,18+,19+,22-/m0/s1. The molecule has 6 heteroatoms. The van der Waals surface area contributed by atoms with Gasteiger partial charge in [0, 0.05) is 18.4 Å². The highest BCUT2D eigenvalue weighted by molar-refractivity contribution is 6.73. The Labute approximate surface area is 170 Å². The molecule has 0 amide bonds. The minimum absolute atomic E-state index is 0.0239. The summed E-state index contributed by atoms with van der Waals surface area (Å²) < 4.78 is 18.8. The SMILES string of the molecule is CC[Si](CC)(CC)O[C@H]1[C@@H]2C(=O)O[C@]3([C@@H](O)C/C(C)=C/[C@@H]1OC)[C@H]2CC3(C)C. The molecule has 0 radical (unpaired) electrons. The largest absolute Gasteiger partial charge is 0.455 e. The molecule has 160 valence electrons. The fraction of sp³-hybridized carbons (Fsp3) is 0.864. The van der Waals surface area contributed by atoms with Crippen molar-refractivity contribution in [2.75, 3.05) is 7.11 Å². The lowest BCUT2D eigenvalue weighted by Crippen LogP contribution is -2.68. The number of hydrogen-bond donors (Lipinski definition) is 1. The Kier molecular flexibility index (Phi) is 5.92. The van der Waals surface area contributed by atoms with Gasteiger partial charge in [0.25, 0.3) is 0 Å². The van der Waals surface area contributed by atoms with E-state index in [2.05, 4.69) is 40.7 Å². The number of aliphatic hydroxyl groups is 1. The summed E-state index contributed by atoms with van der Waals surface area (Å²) in [6.45, 7) is 12.8. The van der Waals surface area contributed by atoms with Gasteiger partial charge in [-0.3, -0.25) is 4.79 Å². The van der Waals surface area contributed by atoms with Crippen molar-refractivity contribution in [2.45, 2.75) is 96.4 Å². The summed E-state index contributed by atoms with van der Waals surface area (Å²) in [6, 6.07) is 3.05. The van der Waals surface area contributed by atoms with Crippen molar-refractivity contribution in [1.29, 1.82) is 0 Å². The molecule has 2 bridgehead atoms. The Hall–Kier alpha value is -0.693. The van der Waals surface area contributed by atoms with E-state index in [-0.39, 0.29) is 35.4 Å². The van der Waals surface area contributed by atoms with Crippen LogP contribution in [0, 0.1) is 17.3 Å². The van der Waals surface area contributed by atoms with Gasteiger partial charge in [-0.15, -0.1) is 0 Å². The Morgan fingerprint density at radius 1 is 1.25 bits per heavy atom. The fourth-order valence-electron chi connectivity index (χ4n) is 6.10. The van der Waals surface area contributed by atoms with Gasteiger partial charge in [-0.1, -0.05) is 46.3 Å². The second-order valence-corrected chi connectivity index (χ2v) is 14.4. The van der Waals surface area contributed by atoms with E-state index in [1.54, 1.807) is 7.11 Å². The lowest BCUT2D eigenvalue weighted by molar-refractivity contribution is -0.239. The maximum absolute atomic E-state index is 13.2. The topological polar surface area (TPSA) is 65.0 Å². The predicted molar refractivity (Wildman–Crippen MR) is 111 cm³/mol. The van der Waals surface area contributed by atoms with Gasteiger partial charge in [0.15, 0.2) is 8.32 Å². The van der Waals surface area contributed by atoms with Gasteiger partial charge in [0.05, 0.1) is 18.1 Å². The first-order chi connectivity index (χ1) is 13.1.